The maximum Gasteiger partial charge on any atom is 0.243 e. The normalized spacial score (nSPS) is 11.7. The van der Waals surface area contributed by atoms with Gasteiger partial charge in [-0.3, -0.25) is 9.00 Å². The SMILES string of the molecule is O=CNc1nc(-c2c(F)cccc2F)oc1Nc1ccc(NS(=O)[O-])cc1. The minimum Gasteiger partial charge on any atom is -0.755 e. The van der Waals surface area contributed by atoms with Crippen molar-refractivity contribution in [3.8, 4) is 11.5 Å². The highest BCUT2D eigenvalue weighted by Gasteiger charge is 2.20. The fraction of sp³-hybridized carbons (Fsp3) is 0. The summed E-state index contributed by atoms with van der Waals surface area (Å²) in [6.45, 7) is 0. The summed E-state index contributed by atoms with van der Waals surface area (Å²) in [6.07, 6.45) is 0.334. The quantitative estimate of drug-likeness (QED) is 0.419. The van der Waals surface area contributed by atoms with Crippen LogP contribution in [-0.4, -0.2) is 20.2 Å². The zero-order valence-corrected chi connectivity index (χ0v) is 14.2. The molecule has 0 saturated carbocycles. The number of carbonyl (C=O) groups is 1. The lowest BCUT2D eigenvalue weighted by Crippen LogP contribution is -2.02. The number of amides is 1. The molecule has 1 amide bonds. The molecule has 1 heterocycles. The standard InChI is InChI=1S/C16H12F2N4O4S/c17-11-2-1-3-12(18)13(11)15-21-14(19-8-23)16(26-15)20-9-4-6-10(7-5-9)22-27(24)25/h1-8,20,22H,(H,19,23)(H,24,25)/p-1. The topological polar surface area (TPSA) is 119 Å². The fourth-order valence-corrected chi connectivity index (χ4v) is 2.55. The van der Waals surface area contributed by atoms with E-state index in [1.165, 1.54) is 30.3 Å². The Labute approximate surface area is 154 Å². The third kappa shape index (κ3) is 4.27. The molecule has 11 heteroatoms. The third-order valence-electron chi connectivity index (χ3n) is 3.34. The van der Waals surface area contributed by atoms with E-state index in [0.29, 0.717) is 17.8 Å². The molecule has 8 nitrogen and oxygen atoms in total. The van der Waals surface area contributed by atoms with Gasteiger partial charge < -0.3 is 24.3 Å². The second-order valence-electron chi connectivity index (χ2n) is 5.09. The summed E-state index contributed by atoms with van der Waals surface area (Å²) in [6, 6.07) is 9.28. The molecule has 0 spiro atoms. The van der Waals surface area contributed by atoms with Crippen LogP contribution in [-0.2, 0) is 16.1 Å². The Bertz CT molecular complexity index is 974. The van der Waals surface area contributed by atoms with Gasteiger partial charge in [-0.15, -0.1) is 0 Å². The number of aromatic nitrogens is 1. The Kier molecular flexibility index (Phi) is 5.43. The molecule has 27 heavy (non-hydrogen) atoms. The van der Waals surface area contributed by atoms with E-state index in [1.807, 2.05) is 0 Å². The molecule has 1 atom stereocenters. The van der Waals surface area contributed by atoms with Gasteiger partial charge in [0.05, 0.1) is 0 Å². The summed E-state index contributed by atoms with van der Waals surface area (Å²) in [5, 5.41) is 5.07. The molecule has 2 aromatic carbocycles. The fourth-order valence-electron chi connectivity index (χ4n) is 2.22. The first-order valence-electron chi connectivity index (χ1n) is 7.36. The number of hydrogen-bond acceptors (Lipinski definition) is 6. The van der Waals surface area contributed by atoms with Crippen LogP contribution in [0.4, 0.5) is 31.9 Å². The Hall–Kier alpha value is -3.31. The number of benzene rings is 2. The number of rotatable bonds is 7. The Morgan fingerprint density at radius 2 is 1.70 bits per heavy atom. The molecule has 3 N–H and O–H groups in total. The van der Waals surface area contributed by atoms with Crippen LogP contribution in [0, 0.1) is 11.6 Å². The minimum absolute atomic E-state index is 0.0622. The average molecular weight is 393 g/mol. The van der Waals surface area contributed by atoms with Crippen LogP contribution >= 0.6 is 0 Å². The van der Waals surface area contributed by atoms with Crippen LogP contribution in [0.5, 0.6) is 0 Å². The molecule has 140 valence electrons. The molecule has 1 unspecified atom stereocenters. The third-order valence-corrected chi connectivity index (χ3v) is 3.75. The predicted molar refractivity (Wildman–Crippen MR) is 93.8 cm³/mol. The summed E-state index contributed by atoms with van der Waals surface area (Å²) >= 11 is -2.46. The lowest BCUT2D eigenvalue weighted by Gasteiger charge is -2.09. The Morgan fingerprint density at radius 3 is 2.30 bits per heavy atom. The number of hydrogen-bond donors (Lipinski definition) is 3. The summed E-state index contributed by atoms with van der Waals surface area (Å²) in [7, 11) is 0. The smallest absolute Gasteiger partial charge is 0.243 e. The molecule has 1 aromatic heterocycles. The van der Waals surface area contributed by atoms with Crippen LogP contribution in [0.3, 0.4) is 0 Å². The maximum atomic E-state index is 13.9. The summed E-state index contributed by atoms with van der Waals surface area (Å²) in [5.41, 5.74) is 0.298. The van der Waals surface area contributed by atoms with Gasteiger partial charge in [0.2, 0.25) is 18.2 Å². The molecular formula is C16H11F2N4O4S-. The van der Waals surface area contributed by atoms with Crippen molar-refractivity contribution < 1.29 is 26.8 Å². The van der Waals surface area contributed by atoms with E-state index in [0.717, 1.165) is 12.1 Å². The first-order valence-corrected chi connectivity index (χ1v) is 8.44. The number of oxazole rings is 1. The molecule has 3 aromatic rings. The van der Waals surface area contributed by atoms with Gasteiger partial charge in [-0.05, 0) is 36.4 Å². The van der Waals surface area contributed by atoms with Gasteiger partial charge in [0.1, 0.15) is 17.2 Å². The number of halogens is 2. The van der Waals surface area contributed by atoms with Gasteiger partial charge in [-0.1, -0.05) is 6.07 Å². The molecule has 0 aliphatic carbocycles. The molecule has 3 rings (SSSR count). The van der Waals surface area contributed by atoms with Crippen molar-refractivity contribution in [1.82, 2.24) is 4.98 Å². The van der Waals surface area contributed by atoms with Gasteiger partial charge in [-0.25, -0.2) is 8.78 Å². The minimum atomic E-state index is -2.46. The zero-order chi connectivity index (χ0) is 19.4. The monoisotopic (exact) mass is 393 g/mol. The summed E-state index contributed by atoms with van der Waals surface area (Å²) in [5.74, 6) is -2.25. The highest BCUT2D eigenvalue weighted by Crippen LogP contribution is 2.33. The van der Waals surface area contributed by atoms with Crippen LogP contribution in [0.2, 0.25) is 0 Å². The summed E-state index contributed by atoms with van der Waals surface area (Å²) < 4.78 is 56.6. The van der Waals surface area contributed by atoms with E-state index < -0.39 is 28.5 Å². The van der Waals surface area contributed by atoms with Crippen molar-refractivity contribution in [2.24, 2.45) is 0 Å². The second kappa shape index (κ2) is 7.93. The Morgan fingerprint density at radius 1 is 1.07 bits per heavy atom. The predicted octanol–water partition coefficient (Wildman–Crippen LogP) is 3.14. The van der Waals surface area contributed by atoms with Crippen molar-refractivity contribution in [2.75, 3.05) is 15.4 Å². The molecule has 0 radical (unpaired) electrons. The second-order valence-corrected chi connectivity index (χ2v) is 5.77. The largest absolute Gasteiger partial charge is 0.755 e. The number of carbonyl (C=O) groups excluding carboxylic acids is 1. The van der Waals surface area contributed by atoms with Crippen LogP contribution < -0.4 is 15.4 Å². The molecule has 0 aliphatic heterocycles. The van der Waals surface area contributed by atoms with E-state index in [4.69, 9.17) is 4.42 Å². The van der Waals surface area contributed by atoms with E-state index in [-0.39, 0.29) is 17.6 Å². The number of nitrogens with one attached hydrogen (secondary N) is 3. The molecule has 0 bridgehead atoms. The number of anilines is 4. The van der Waals surface area contributed by atoms with Gasteiger partial charge >= 0.3 is 0 Å². The molecule has 0 aliphatic rings. The van der Waals surface area contributed by atoms with Crippen molar-refractivity contribution in [3.63, 3.8) is 0 Å². The van der Waals surface area contributed by atoms with Gasteiger partial charge in [0, 0.05) is 22.6 Å². The lowest BCUT2D eigenvalue weighted by atomic mass is 10.2. The molecular weight excluding hydrogens is 382 g/mol. The van der Waals surface area contributed by atoms with Crippen LogP contribution in [0.1, 0.15) is 0 Å². The van der Waals surface area contributed by atoms with E-state index in [2.05, 4.69) is 20.3 Å². The maximum absolute atomic E-state index is 13.9. The van der Waals surface area contributed by atoms with Gasteiger partial charge in [-0.2, -0.15) is 4.98 Å². The van der Waals surface area contributed by atoms with Gasteiger partial charge in [0.15, 0.2) is 5.82 Å². The van der Waals surface area contributed by atoms with Crippen LogP contribution in [0.25, 0.3) is 11.5 Å². The average Bonchev–Trinajstić information content (AvgIpc) is 2.98. The molecule has 0 fully saturated rings. The lowest BCUT2D eigenvalue weighted by molar-refractivity contribution is -0.105. The molecule has 0 saturated heterocycles. The first kappa shape index (κ1) is 18.5. The van der Waals surface area contributed by atoms with Gasteiger partial charge in [0.25, 0.3) is 0 Å². The number of nitrogens with zero attached hydrogens (tertiary/aromatic N) is 1. The zero-order valence-electron chi connectivity index (χ0n) is 13.4. The van der Waals surface area contributed by atoms with Crippen molar-refractivity contribution in [2.45, 2.75) is 0 Å². The highest BCUT2D eigenvalue weighted by molar-refractivity contribution is 7.80. The van der Waals surface area contributed by atoms with Crippen molar-refractivity contribution >= 4 is 40.8 Å². The van der Waals surface area contributed by atoms with Crippen molar-refractivity contribution in [3.05, 3.63) is 54.1 Å². The summed E-state index contributed by atoms with van der Waals surface area (Å²) in [4.78, 5) is 14.7. The van der Waals surface area contributed by atoms with E-state index in [1.54, 1.807) is 0 Å². The Balaban J connectivity index is 1.92. The highest BCUT2D eigenvalue weighted by atomic mass is 32.2. The van der Waals surface area contributed by atoms with Crippen molar-refractivity contribution in [1.29, 1.82) is 0 Å². The first-order chi connectivity index (χ1) is 13.0. The van der Waals surface area contributed by atoms with E-state index in [9.17, 15) is 22.3 Å². The van der Waals surface area contributed by atoms with E-state index >= 15 is 0 Å². The van der Waals surface area contributed by atoms with Crippen LogP contribution in [0.15, 0.2) is 46.9 Å².